The third-order valence-corrected chi connectivity index (χ3v) is 6.20. The molecule has 1 fully saturated rings. The van der Waals surface area contributed by atoms with Gasteiger partial charge < -0.3 is 14.7 Å². The van der Waals surface area contributed by atoms with Crippen molar-refractivity contribution in [1.82, 2.24) is 4.90 Å². The largest absolute Gasteiger partial charge is 0.389 e. The number of benzene rings is 3. The van der Waals surface area contributed by atoms with Crippen LogP contribution >= 0.6 is 0 Å². The van der Waals surface area contributed by atoms with Crippen molar-refractivity contribution < 1.29 is 9.84 Å². The number of rotatable bonds is 9. The summed E-state index contributed by atoms with van der Waals surface area (Å²) in [6.45, 7) is 3.11. The Morgan fingerprint density at radius 1 is 0.774 bits per heavy atom. The first-order valence-corrected chi connectivity index (χ1v) is 11.4. The lowest BCUT2D eigenvalue weighted by atomic mass is 9.90. The van der Waals surface area contributed by atoms with Gasteiger partial charge in [-0.25, -0.2) is 0 Å². The molecule has 3 aromatic carbocycles. The van der Waals surface area contributed by atoms with Crippen molar-refractivity contribution in [3.63, 3.8) is 0 Å². The van der Waals surface area contributed by atoms with Crippen LogP contribution in [0.3, 0.4) is 0 Å². The van der Waals surface area contributed by atoms with Crippen LogP contribution in [0.5, 0.6) is 0 Å². The number of hydrogen-bond donors (Lipinski definition) is 1. The van der Waals surface area contributed by atoms with Gasteiger partial charge in [0.25, 0.3) is 0 Å². The molecule has 1 aliphatic heterocycles. The van der Waals surface area contributed by atoms with E-state index in [1.165, 1.54) is 18.4 Å². The number of ether oxygens (including phenoxy) is 1. The predicted octanol–water partition coefficient (Wildman–Crippen LogP) is 5.11. The summed E-state index contributed by atoms with van der Waals surface area (Å²) in [5.74, 6) is 0.743. The molecule has 162 valence electrons. The number of β-amino-alcohol motifs (C(OH)–C–C–N with tert-alkyl or cyclic N) is 1. The molecule has 1 atom stereocenters. The van der Waals surface area contributed by atoms with Gasteiger partial charge in [-0.2, -0.15) is 0 Å². The van der Waals surface area contributed by atoms with Gasteiger partial charge in [0.2, 0.25) is 0 Å². The minimum atomic E-state index is -0.486. The molecule has 0 radical (unpaired) electrons. The quantitative estimate of drug-likeness (QED) is 0.527. The third kappa shape index (κ3) is 6.51. The maximum atomic E-state index is 10.7. The molecule has 0 aromatic heterocycles. The van der Waals surface area contributed by atoms with E-state index in [1.807, 2.05) is 36.4 Å². The molecule has 0 saturated carbocycles. The Labute approximate surface area is 186 Å². The Balaban J connectivity index is 1.26. The number of piperidine rings is 1. The second-order valence-corrected chi connectivity index (χ2v) is 8.62. The van der Waals surface area contributed by atoms with Gasteiger partial charge >= 0.3 is 0 Å². The molecule has 0 spiro atoms. The molecule has 4 rings (SSSR count). The molecule has 0 aliphatic carbocycles. The second kappa shape index (κ2) is 11.2. The van der Waals surface area contributed by atoms with Crippen LogP contribution in [0, 0.1) is 5.92 Å². The summed E-state index contributed by atoms with van der Waals surface area (Å²) < 4.78 is 6.24. The van der Waals surface area contributed by atoms with Crippen molar-refractivity contribution in [2.45, 2.75) is 31.5 Å². The molecule has 1 N–H and O–H groups in total. The zero-order valence-corrected chi connectivity index (χ0v) is 18.1. The highest BCUT2D eigenvalue weighted by Gasteiger charge is 2.22. The minimum absolute atomic E-state index is 0.159. The summed E-state index contributed by atoms with van der Waals surface area (Å²) in [5.41, 5.74) is 3.66. The SMILES string of the molecule is O[C@H](COC(c1ccccc1)c1ccccc1)CN1CCC(Cc2ccccc2)CC1. The van der Waals surface area contributed by atoms with Gasteiger partial charge in [0.1, 0.15) is 6.10 Å². The average molecular weight is 416 g/mol. The molecule has 1 saturated heterocycles. The van der Waals surface area contributed by atoms with E-state index in [0.717, 1.165) is 36.6 Å². The first-order chi connectivity index (χ1) is 15.3. The summed E-state index contributed by atoms with van der Waals surface area (Å²) >= 11 is 0. The van der Waals surface area contributed by atoms with Crippen LogP contribution in [0.15, 0.2) is 91.0 Å². The maximum absolute atomic E-state index is 10.7. The lowest BCUT2D eigenvalue weighted by Crippen LogP contribution is -2.40. The van der Waals surface area contributed by atoms with Crippen LogP contribution in [-0.4, -0.2) is 42.4 Å². The standard InChI is InChI=1S/C28H33NO2/c30-27(21-29-18-16-24(17-19-29)20-23-10-4-1-5-11-23)22-31-28(25-12-6-2-7-13-25)26-14-8-3-9-15-26/h1-15,24,27-28,30H,16-22H2/t27-/m0/s1. The van der Waals surface area contributed by atoms with E-state index in [-0.39, 0.29) is 6.10 Å². The Hall–Kier alpha value is -2.46. The van der Waals surface area contributed by atoms with Crippen LogP contribution < -0.4 is 0 Å². The van der Waals surface area contributed by atoms with Gasteiger partial charge in [-0.3, -0.25) is 0 Å². The van der Waals surface area contributed by atoms with Crippen molar-refractivity contribution in [3.05, 3.63) is 108 Å². The number of aliphatic hydroxyl groups excluding tert-OH is 1. The Morgan fingerprint density at radius 2 is 1.29 bits per heavy atom. The predicted molar refractivity (Wildman–Crippen MR) is 126 cm³/mol. The van der Waals surface area contributed by atoms with Gasteiger partial charge in [0.15, 0.2) is 0 Å². The zero-order chi connectivity index (χ0) is 21.3. The third-order valence-electron chi connectivity index (χ3n) is 6.20. The van der Waals surface area contributed by atoms with E-state index in [9.17, 15) is 5.11 Å². The average Bonchev–Trinajstić information content (AvgIpc) is 2.83. The molecule has 31 heavy (non-hydrogen) atoms. The number of likely N-dealkylation sites (tertiary alicyclic amines) is 1. The first kappa shape index (κ1) is 21.8. The van der Waals surface area contributed by atoms with E-state index < -0.39 is 6.10 Å². The molecule has 1 aliphatic rings. The van der Waals surface area contributed by atoms with E-state index in [0.29, 0.717) is 13.2 Å². The summed E-state index contributed by atoms with van der Waals surface area (Å²) in [4.78, 5) is 2.38. The van der Waals surface area contributed by atoms with Gasteiger partial charge in [-0.1, -0.05) is 91.0 Å². The van der Waals surface area contributed by atoms with Crippen LogP contribution in [-0.2, 0) is 11.2 Å². The van der Waals surface area contributed by atoms with Crippen LogP contribution in [0.1, 0.15) is 35.6 Å². The van der Waals surface area contributed by atoms with E-state index in [4.69, 9.17) is 4.74 Å². The number of aliphatic hydroxyl groups is 1. The van der Waals surface area contributed by atoms with Crippen LogP contribution in [0.25, 0.3) is 0 Å². The molecule has 0 unspecified atom stereocenters. The Bertz CT molecular complexity index is 837. The van der Waals surface area contributed by atoms with Crippen molar-refractivity contribution in [2.24, 2.45) is 5.92 Å². The Kier molecular flexibility index (Phi) is 7.89. The van der Waals surface area contributed by atoms with Gasteiger partial charge in [0, 0.05) is 6.54 Å². The smallest absolute Gasteiger partial charge is 0.108 e. The van der Waals surface area contributed by atoms with Crippen molar-refractivity contribution in [2.75, 3.05) is 26.2 Å². The van der Waals surface area contributed by atoms with E-state index >= 15 is 0 Å². The first-order valence-electron chi connectivity index (χ1n) is 11.4. The van der Waals surface area contributed by atoms with Crippen molar-refractivity contribution in [3.8, 4) is 0 Å². The molecule has 1 heterocycles. The fraction of sp³-hybridized carbons (Fsp3) is 0.357. The molecule has 3 nitrogen and oxygen atoms in total. The molecule has 3 heteroatoms. The van der Waals surface area contributed by atoms with Crippen molar-refractivity contribution >= 4 is 0 Å². The summed E-state index contributed by atoms with van der Waals surface area (Å²) in [6, 6.07) is 31.3. The molecule has 0 bridgehead atoms. The van der Waals surface area contributed by atoms with Crippen LogP contribution in [0.4, 0.5) is 0 Å². The van der Waals surface area contributed by atoms with E-state index in [1.54, 1.807) is 0 Å². The molecular formula is C28H33NO2. The number of nitrogens with zero attached hydrogens (tertiary/aromatic N) is 1. The molecule has 0 amide bonds. The monoisotopic (exact) mass is 415 g/mol. The second-order valence-electron chi connectivity index (χ2n) is 8.62. The van der Waals surface area contributed by atoms with Crippen LogP contribution in [0.2, 0.25) is 0 Å². The maximum Gasteiger partial charge on any atom is 0.108 e. The highest BCUT2D eigenvalue weighted by Crippen LogP contribution is 2.26. The molecule has 3 aromatic rings. The van der Waals surface area contributed by atoms with E-state index in [2.05, 4.69) is 59.5 Å². The fourth-order valence-electron chi connectivity index (χ4n) is 4.52. The highest BCUT2D eigenvalue weighted by atomic mass is 16.5. The Morgan fingerprint density at radius 3 is 1.84 bits per heavy atom. The fourth-order valence-corrected chi connectivity index (χ4v) is 4.52. The highest BCUT2D eigenvalue weighted by molar-refractivity contribution is 5.29. The lowest BCUT2D eigenvalue weighted by Gasteiger charge is -2.33. The van der Waals surface area contributed by atoms with Crippen molar-refractivity contribution in [1.29, 1.82) is 0 Å². The minimum Gasteiger partial charge on any atom is -0.389 e. The zero-order valence-electron chi connectivity index (χ0n) is 18.1. The molecular weight excluding hydrogens is 382 g/mol. The normalized spacial score (nSPS) is 16.5. The summed E-state index contributed by atoms with van der Waals surface area (Å²) in [7, 11) is 0. The van der Waals surface area contributed by atoms with Gasteiger partial charge in [-0.05, 0) is 55.0 Å². The van der Waals surface area contributed by atoms with Gasteiger partial charge in [0.05, 0.1) is 12.7 Å². The summed E-state index contributed by atoms with van der Waals surface area (Å²) in [5, 5.41) is 10.7. The topological polar surface area (TPSA) is 32.7 Å². The summed E-state index contributed by atoms with van der Waals surface area (Å²) in [6.07, 6.45) is 2.91. The van der Waals surface area contributed by atoms with Gasteiger partial charge in [-0.15, -0.1) is 0 Å². The number of hydrogen-bond acceptors (Lipinski definition) is 3. The lowest BCUT2D eigenvalue weighted by molar-refractivity contribution is -0.0123.